The third-order valence-electron chi connectivity index (χ3n) is 0.822. The first kappa shape index (κ1) is 16.3. The van der Waals surface area contributed by atoms with Gasteiger partial charge in [-0.1, -0.05) is 6.58 Å². The van der Waals surface area contributed by atoms with Crippen molar-refractivity contribution in [2.75, 3.05) is 0 Å². The number of carboxylic acids is 2. The summed E-state index contributed by atoms with van der Waals surface area (Å²) in [6.07, 6.45) is 1.07. The predicted octanol–water partition coefficient (Wildman–Crippen LogP) is -0.234. The van der Waals surface area contributed by atoms with Crippen LogP contribution >= 0.6 is 0 Å². The van der Waals surface area contributed by atoms with E-state index in [0.717, 1.165) is 6.08 Å². The molecule has 0 radical (unpaired) electrons. The molecule has 0 fully saturated rings. The van der Waals surface area contributed by atoms with Gasteiger partial charge >= 0.3 is 17.9 Å². The second-order valence-electron chi connectivity index (χ2n) is 2.25. The lowest BCUT2D eigenvalue weighted by molar-refractivity contribution is -0.158. The highest BCUT2D eigenvalue weighted by Gasteiger charge is 1.97. The van der Waals surface area contributed by atoms with E-state index in [9.17, 15) is 14.4 Å². The molecule has 0 heterocycles. The molecule has 7 nitrogen and oxygen atoms in total. The van der Waals surface area contributed by atoms with Crippen molar-refractivity contribution in [3.63, 3.8) is 0 Å². The van der Waals surface area contributed by atoms with Gasteiger partial charge in [-0.05, 0) is 6.92 Å². The molecule has 0 spiro atoms. The van der Waals surface area contributed by atoms with Gasteiger partial charge in [-0.25, -0.2) is 14.4 Å². The molecule has 1 atom stereocenters. The number of aliphatic hydroxyl groups excluding tert-OH is 1. The fourth-order valence-corrected chi connectivity index (χ4v) is 0.359. The van der Waals surface area contributed by atoms with E-state index in [4.69, 9.17) is 15.3 Å². The molecule has 0 rings (SSSR count). The normalized spacial score (nSPS) is 10.9. The predicted molar refractivity (Wildman–Crippen MR) is 52.4 cm³/mol. The number of carboxylic acid groups (broad SMARTS) is 2. The van der Waals surface area contributed by atoms with Crippen LogP contribution in [0.5, 0.6) is 0 Å². The van der Waals surface area contributed by atoms with E-state index in [-0.39, 0.29) is 0 Å². The second-order valence-corrected chi connectivity index (χ2v) is 2.25. The number of aliphatic carboxylic acids is 2. The van der Waals surface area contributed by atoms with Crippen molar-refractivity contribution in [2.24, 2.45) is 0 Å². The second kappa shape index (κ2) is 9.41. The molecule has 0 aromatic rings. The van der Waals surface area contributed by atoms with E-state index in [1.807, 2.05) is 0 Å². The molecule has 0 saturated carbocycles. The average Bonchev–Trinajstić information content (AvgIpc) is 2.14. The summed E-state index contributed by atoms with van der Waals surface area (Å²) in [6, 6.07) is 0. The molecule has 0 aliphatic rings. The lowest BCUT2D eigenvalue weighted by atomic mass is 10.5. The Balaban J connectivity index is 0. The SMILES string of the molecule is C=CC(=O)OC(C)O.O=C(O)/C=C\C(=O)O. The van der Waals surface area contributed by atoms with Crippen molar-refractivity contribution in [1.29, 1.82) is 0 Å². The molecule has 16 heavy (non-hydrogen) atoms. The Kier molecular flexibility index (Phi) is 9.58. The van der Waals surface area contributed by atoms with E-state index in [1.54, 1.807) is 0 Å². The maximum Gasteiger partial charge on any atom is 0.332 e. The van der Waals surface area contributed by atoms with Crippen LogP contribution in [-0.2, 0) is 19.1 Å². The smallest absolute Gasteiger partial charge is 0.332 e. The van der Waals surface area contributed by atoms with Crippen molar-refractivity contribution in [3.8, 4) is 0 Å². The molecule has 0 bridgehead atoms. The van der Waals surface area contributed by atoms with Crippen LogP contribution in [0.25, 0.3) is 0 Å². The quantitative estimate of drug-likeness (QED) is 0.347. The molecule has 0 aromatic carbocycles. The number of rotatable bonds is 4. The summed E-state index contributed by atoms with van der Waals surface area (Å²) in [7, 11) is 0. The van der Waals surface area contributed by atoms with Crippen molar-refractivity contribution >= 4 is 17.9 Å². The maximum atomic E-state index is 10.1. The van der Waals surface area contributed by atoms with E-state index < -0.39 is 24.2 Å². The minimum Gasteiger partial charge on any atom is -0.478 e. The van der Waals surface area contributed by atoms with Crippen LogP contribution in [0.1, 0.15) is 6.92 Å². The number of hydrogen-bond donors (Lipinski definition) is 3. The van der Waals surface area contributed by atoms with Gasteiger partial charge in [0.2, 0.25) is 0 Å². The number of hydrogen-bond acceptors (Lipinski definition) is 5. The summed E-state index contributed by atoms with van der Waals surface area (Å²) < 4.78 is 4.20. The number of esters is 1. The zero-order valence-corrected chi connectivity index (χ0v) is 8.49. The summed E-state index contributed by atoms with van der Waals surface area (Å²) in [5, 5.41) is 24.0. The zero-order valence-electron chi connectivity index (χ0n) is 8.49. The van der Waals surface area contributed by atoms with E-state index in [0.29, 0.717) is 12.2 Å². The van der Waals surface area contributed by atoms with Crippen LogP contribution < -0.4 is 0 Å². The summed E-state index contributed by atoms with van der Waals surface area (Å²) in [6.45, 7) is 4.48. The Morgan fingerprint density at radius 1 is 1.19 bits per heavy atom. The first-order valence-corrected chi connectivity index (χ1v) is 3.94. The molecule has 7 heteroatoms. The summed E-state index contributed by atoms with van der Waals surface area (Å²) in [5.74, 6) is -3.13. The molecule has 0 amide bonds. The average molecular weight is 232 g/mol. The van der Waals surface area contributed by atoms with Crippen LogP contribution in [0.3, 0.4) is 0 Å². The molecule has 0 aromatic heterocycles. The van der Waals surface area contributed by atoms with Crippen molar-refractivity contribution in [1.82, 2.24) is 0 Å². The van der Waals surface area contributed by atoms with E-state index >= 15 is 0 Å². The monoisotopic (exact) mass is 232 g/mol. The molecule has 0 saturated heterocycles. The molecule has 90 valence electrons. The minimum absolute atomic E-state index is 0.558. The number of carbonyl (C=O) groups excluding carboxylic acids is 1. The van der Waals surface area contributed by atoms with Gasteiger partial charge in [-0.2, -0.15) is 0 Å². The lowest BCUT2D eigenvalue weighted by Crippen LogP contribution is -2.10. The highest BCUT2D eigenvalue weighted by molar-refractivity contribution is 5.89. The Morgan fingerprint density at radius 2 is 1.56 bits per heavy atom. The van der Waals surface area contributed by atoms with E-state index in [2.05, 4.69) is 11.3 Å². The first-order chi connectivity index (χ1) is 7.29. The highest BCUT2D eigenvalue weighted by Crippen LogP contribution is 1.84. The summed E-state index contributed by atoms with van der Waals surface area (Å²) >= 11 is 0. The van der Waals surface area contributed by atoms with Crippen molar-refractivity contribution < 1.29 is 34.4 Å². The Bertz CT molecular complexity index is 274. The zero-order chi connectivity index (χ0) is 13.1. The van der Waals surface area contributed by atoms with Gasteiger partial charge in [0.1, 0.15) is 0 Å². The number of ether oxygens (including phenoxy) is 1. The Morgan fingerprint density at radius 3 is 1.69 bits per heavy atom. The van der Waals surface area contributed by atoms with Crippen LogP contribution in [0.2, 0.25) is 0 Å². The van der Waals surface area contributed by atoms with Crippen LogP contribution in [0.15, 0.2) is 24.8 Å². The lowest BCUT2D eigenvalue weighted by Gasteiger charge is -2.01. The Labute approximate surface area is 91.3 Å². The molecule has 3 N–H and O–H groups in total. The first-order valence-electron chi connectivity index (χ1n) is 3.94. The minimum atomic E-state index is -1.26. The van der Waals surface area contributed by atoms with Crippen LogP contribution in [0.4, 0.5) is 0 Å². The molecular formula is C9H12O7. The fourth-order valence-electron chi connectivity index (χ4n) is 0.359. The molecular weight excluding hydrogens is 220 g/mol. The summed E-state index contributed by atoms with van der Waals surface area (Å²) in [4.78, 5) is 29.2. The standard InChI is InChI=1S/C5H8O3.C4H4O4/c1-3-5(7)8-4(2)6;5-3(6)1-2-4(7)8/h3-4,6H,1H2,2H3;1-2H,(H,5,6)(H,7,8)/b;2-1-. The van der Waals surface area contributed by atoms with Crippen LogP contribution in [-0.4, -0.2) is 39.5 Å². The fraction of sp³-hybridized carbons (Fsp3) is 0.222. The summed E-state index contributed by atoms with van der Waals surface area (Å²) in [5.41, 5.74) is 0. The molecule has 0 aliphatic carbocycles. The largest absolute Gasteiger partial charge is 0.478 e. The third-order valence-corrected chi connectivity index (χ3v) is 0.822. The maximum absolute atomic E-state index is 10.1. The Hall–Kier alpha value is -2.15. The number of carbonyl (C=O) groups is 3. The van der Waals surface area contributed by atoms with Gasteiger partial charge in [-0.3, -0.25) is 0 Å². The van der Waals surface area contributed by atoms with Crippen molar-refractivity contribution in [3.05, 3.63) is 24.8 Å². The van der Waals surface area contributed by atoms with Gasteiger partial charge in [-0.15, -0.1) is 0 Å². The van der Waals surface area contributed by atoms with E-state index in [1.165, 1.54) is 6.92 Å². The topological polar surface area (TPSA) is 121 Å². The van der Waals surface area contributed by atoms with Gasteiger partial charge in [0, 0.05) is 18.2 Å². The van der Waals surface area contributed by atoms with Crippen LogP contribution in [0, 0.1) is 0 Å². The van der Waals surface area contributed by atoms with Gasteiger partial charge in [0.25, 0.3) is 0 Å². The number of aliphatic hydroxyl groups is 1. The van der Waals surface area contributed by atoms with Gasteiger partial charge < -0.3 is 20.1 Å². The van der Waals surface area contributed by atoms with Gasteiger partial charge in [0.05, 0.1) is 0 Å². The molecule has 0 aliphatic heterocycles. The highest BCUT2D eigenvalue weighted by atomic mass is 16.6. The third kappa shape index (κ3) is 17.8. The van der Waals surface area contributed by atoms with Gasteiger partial charge in [0.15, 0.2) is 6.29 Å². The molecule has 1 unspecified atom stereocenters. The van der Waals surface area contributed by atoms with Crippen molar-refractivity contribution in [2.45, 2.75) is 13.2 Å².